The maximum Gasteiger partial charge on any atom is 0.235 e. The topological polar surface area (TPSA) is 49.4 Å². The van der Waals surface area contributed by atoms with Crippen molar-refractivity contribution in [3.05, 3.63) is 30.1 Å². The molecule has 6 heteroatoms. The van der Waals surface area contributed by atoms with Gasteiger partial charge in [-0.05, 0) is 69.5 Å². The molecule has 0 unspecified atom stereocenters. The molecule has 0 atom stereocenters. The van der Waals surface area contributed by atoms with E-state index < -0.39 is 10.0 Å². The summed E-state index contributed by atoms with van der Waals surface area (Å²) >= 11 is 0. The Morgan fingerprint density at radius 3 is 2.43 bits per heavy atom. The molecule has 1 heterocycles. The number of halogens is 1. The van der Waals surface area contributed by atoms with Crippen molar-refractivity contribution in [2.45, 2.75) is 26.2 Å². The quantitative estimate of drug-likeness (QED) is 0.877. The van der Waals surface area contributed by atoms with Gasteiger partial charge in [0.05, 0.1) is 11.4 Å². The summed E-state index contributed by atoms with van der Waals surface area (Å²) in [5, 5.41) is 3.28. The second kappa shape index (κ2) is 7.22. The van der Waals surface area contributed by atoms with Crippen LogP contribution < -0.4 is 9.62 Å². The fourth-order valence-corrected chi connectivity index (χ4v) is 4.43. The first-order valence-electron chi connectivity index (χ1n) is 7.49. The molecule has 4 nitrogen and oxygen atoms in total. The van der Waals surface area contributed by atoms with Crippen LogP contribution in [0.5, 0.6) is 0 Å². The van der Waals surface area contributed by atoms with Crippen LogP contribution in [0.2, 0.25) is 0 Å². The first kappa shape index (κ1) is 16.2. The van der Waals surface area contributed by atoms with Crippen molar-refractivity contribution in [3.63, 3.8) is 0 Å². The van der Waals surface area contributed by atoms with Gasteiger partial charge in [-0.15, -0.1) is 0 Å². The molecule has 1 saturated heterocycles. The molecule has 0 amide bonds. The average molecular weight is 314 g/mol. The Bertz CT molecular complexity index is 539. The van der Waals surface area contributed by atoms with Crippen LogP contribution in [-0.2, 0) is 10.0 Å². The SMILES string of the molecule is CCN(c1ccc(F)cc1)S(=O)(=O)CCC1CCNCC1. The van der Waals surface area contributed by atoms with Crippen molar-refractivity contribution in [1.82, 2.24) is 5.32 Å². The minimum atomic E-state index is -3.35. The van der Waals surface area contributed by atoms with E-state index in [4.69, 9.17) is 0 Å². The van der Waals surface area contributed by atoms with Gasteiger partial charge in [0.1, 0.15) is 5.82 Å². The minimum absolute atomic E-state index is 0.156. The fraction of sp³-hybridized carbons (Fsp3) is 0.600. The normalized spacial score (nSPS) is 16.9. The van der Waals surface area contributed by atoms with Gasteiger partial charge in [0.2, 0.25) is 10.0 Å². The van der Waals surface area contributed by atoms with Crippen LogP contribution in [0.3, 0.4) is 0 Å². The van der Waals surface area contributed by atoms with Crippen molar-refractivity contribution in [2.24, 2.45) is 5.92 Å². The fourth-order valence-electron chi connectivity index (χ4n) is 2.74. The molecule has 1 aliphatic heterocycles. The Morgan fingerprint density at radius 2 is 1.86 bits per heavy atom. The first-order chi connectivity index (χ1) is 10.0. The molecule has 0 aliphatic carbocycles. The molecule has 0 aromatic heterocycles. The zero-order chi connectivity index (χ0) is 15.3. The van der Waals surface area contributed by atoms with Crippen LogP contribution in [0.25, 0.3) is 0 Å². The molecular formula is C15H23FN2O2S. The van der Waals surface area contributed by atoms with Crippen LogP contribution in [0, 0.1) is 11.7 Å². The van der Waals surface area contributed by atoms with E-state index >= 15 is 0 Å². The zero-order valence-electron chi connectivity index (χ0n) is 12.4. The minimum Gasteiger partial charge on any atom is -0.317 e. The second-order valence-electron chi connectivity index (χ2n) is 5.44. The summed E-state index contributed by atoms with van der Waals surface area (Å²) in [4.78, 5) is 0. The Hall–Kier alpha value is -1.14. The monoisotopic (exact) mass is 314 g/mol. The molecule has 1 aliphatic rings. The molecule has 1 N–H and O–H groups in total. The maximum atomic E-state index is 13.0. The van der Waals surface area contributed by atoms with Gasteiger partial charge in [-0.25, -0.2) is 12.8 Å². The van der Waals surface area contributed by atoms with Crippen molar-refractivity contribution < 1.29 is 12.8 Å². The number of nitrogens with zero attached hydrogens (tertiary/aromatic N) is 1. The summed E-state index contributed by atoms with van der Waals surface area (Å²) in [6.45, 7) is 4.10. The lowest BCUT2D eigenvalue weighted by Gasteiger charge is -2.26. The molecule has 0 saturated carbocycles. The molecule has 0 bridgehead atoms. The Labute approximate surface area is 126 Å². The molecule has 1 aromatic carbocycles. The second-order valence-corrected chi connectivity index (χ2v) is 7.45. The van der Waals surface area contributed by atoms with Crippen molar-refractivity contribution >= 4 is 15.7 Å². The smallest absolute Gasteiger partial charge is 0.235 e. The number of piperidine rings is 1. The van der Waals surface area contributed by atoms with E-state index in [1.165, 1.54) is 28.6 Å². The molecule has 1 fully saturated rings. The van der Waals surface area contributed by atoms with E-state index in [1.54, 1.807) is 6.92 Å². The molecule has 2 rings (SSSR count). The Balaban J connectivity index is 2.03. The maximum absolute atomic E-state index is 13.0. The van der Waals surface area contributed by atoms with Crippen molar-refractivity contribution in [2.75, 3.05) is 29.7 Å². The lowest BCUT2D eigenvalue weighted by Crippen LogP contribution is -2.35. The highest BCUT2D eigenvalue weighted by atomic mass is 32.2. The summed E-state index contributed by atoms with van der Waals surface area (Å²) in [7, 11) is -3.35. The number of sulfonamides is 1. The Kier molecular flexibility index (Phi) is 5.58. The average Bonchev–Trinajstić information content (AvgIpc) is 2.49. The third-order valence-corrected chi connectivity index (χ3v) is 5.87. The molecule has 0 radical (unpaired) electrons. The van der Waals surface area contributed by atoms with E-state index in [2.05, 4.69) is 5.32 Å². The number of benzene rings is 1. The summed E-state index contributed by atoms with van der Waals surface area (Å²) in [5.74, 6) is 0.276. The third-order valence-electron chi connectivity index (χ3n) is 3.98. The van der Waals surface area contributed by atoms with Crippen LogP contribution in [0.4, 0.5) is 10.1 Å². The largest absolute Gasteiger partial charge is 0.317 e. The zero-order valence-corrected chi connectivity index (χ0v) is 13.2. The van der Waals surface area contributed by atoms with E-state index in [0.29, 0.717) is 24.6 Å². The highest BCUT2D eigenvalue weighted by Crippen LogP contribution is 2.22. The number of hydrogen-bond acceptors (Lipinski definition) is 3. The van der Waals surface area contributed by atoms with Gasteiger partial charge >= 0.3 is 0 Å². The molecule has 21 heavy (non-hydrogen) atoms. The lowest BCUT2D eigenvalue weighted by molar-refractivity contribution is 0.365. The summed E-state index contributed by atoms with van der Waals surface area (Å²) < 4.78 is 39.3. The Morgan fingerprint density at radius 1 is 1.24 bits per heavy atom. The van der Waals surface area contributed by atoms with Crippen LogP contribution in [0.1, 0.15) is 26.2 Å². The van der Waals surface area contributed by atoms with Crippen molar-refractivity contribution in [3.8, 4) is 0 Å². The van der Waals surface area contributed by atoms with Crippen molar-refractivity contribution in [1.29, 1.82) is 0 Å². The predicted octanol–water partition coefficient (Wildman–Crippen LogP) is 2.37. The van der Waals surface area contributed by atoms with Gasteiger partial charge in [-0.2, -0.15) is 0 Å². The van der Waals surface area contributed by atoms with Gasteiger partial charge in [0.15, 0.2) is 0 Å². The van der Waals surface area contributed by atoms with E-state index in [1.807, 2.05) is 0 Å². The van der Waals surface area contributed by atoms with Crippen LogP contribution in [0.15, 0.2) is 24.3 Å². The number of hydrogen-bond donors (Lipinski definition) is 1. The first-order valence-corrected chi connectivity index (χ1v) is 9.10. The van der Waals surface area contributed by atoms with E-state index in [9.17, 15) is 12.8 Å². The standard InChI is InChI=1S/C15H23FN2O2S/c1-2-18(15-5-3-14(16)4-6-15)21(19,20)12-9-13-7-10-17-11-8-13/h3-6,13,17H,2,7-12H2,1H3. The lowest BCUT2D eigenvalue weighted by atomic mass is 9.96. The molecule has 0 spiro atoms. The number of anilines is 1. The highest BCUT2D eigenvalue weighted by Gasteiger charge is 2.23. The number of nitrogens with one attached hydrogen (secondary N) is 1. The predicted molar refractivity (Wildman–Crippen MR) is 83.4 cm³/mol. The summed E-state index contributed by atoms with van der Waals surface area (Å²) in [5.41, 5.74) is 0.532. The van der Waals surface area contributed by atoms with Crippen LogP contribution >= 0.6 is 0 Å². The van der Waals surface area contributed by atoms with Gasteiger partial charge in [0.25, 0.3) is 0 Å². The summed E-state index contributed by atoms with van der Waals surface area (Å²) in [6.07, 6.45) is 2.78. The number of rotatable bonds is 6. The highest BCUT2D eigenvalue weighted by molar-refractivity contribution is 7.92. The molecular weight excluding hydrogens is 291 g/mol. The van der Waals surface area contributed by atoms with Gasteiger partial charge in [0, 0.05) is 6.54 Å². The van der Waals surface area contributed by atoms with Crippen LogP contribution in [-0.4, -0.2) is 33.8 Å². The third kappa shape index (κ3) is 4.41. The van der Waals surface area contributed by atoms with Gasteiger partial charge in [-0.3, -0.25) is 4.31 Å². The molecule has 1 aromatic rings. The molecule has 118 valence electrons. The van der Waals surface area contributed by atoms with Gasteiger partial charge in [-0.1, -0.05) is 0 Å². The van der Waals surface area contributed by atoms with Gasteiger partial charge < -0.3 is 5.32 Å². The van der Waals surface area contributed by atoms with E-state index in [0.717, 1.165) is 25.9 Å². The van der Waals surface area contributed by atoms with E-state index in [-0.39, 0.29) is 11.6 Å². The summed E-state index contributed by atoms with van der Waals surface area (Å²) in [6, 6.07) is 5.61.